The minimum atomic E-state index is 0.0947. The maximum atomic E-state index is 9.16. The van der Waals surface area contributed by atoms with E-state index in [9.17, 15) is 0 Å². The first-order valence-electron chi connectivity index (χ1n) is 6.25. The Morgan fingerprint density at radius 1 is 1.07 bits per heavy atom. The molecule has 0 fully saturated rings. The Bertz CT molecular complexity index is 189. The first-order chi connectivity index (χ1) is 7.10. The zero-order valence-corrected chi connectivity index (χ0v) is 11.0. The SMILES string of the molecule is CCC(C#N)N(CC(C)C)C(CC)CC. The molecule has 0 aliphatic carbocycles. The quantitative estimate of drug-likeness (QED) is 0.643. The molecule has 0 N–H and O–H groups in total. The van der Waals surface area contributed by atoms with E-state index in [0.717, 1.165) is 25.8 Å². The molecule has 2 heteroatoms. The van der Waals surface area contributed by atoms with Crippen molar-refractivity contribution in [2.75, 3.05) is 6.54 Å². The predicted molar refractivity (Wildman–Crippen MR) is 65.6 cm³/mol. The lowest BCUT2D eigenvalue weighted by Crippen LogP contribution is -2.43. The molecule has 0 radical (unpaired) electrons. The van der Waals surface area contributed by atoms with Crippen molar-refractivity contribution in [1.82, 2.24) is 4.90 Å². The summed E-state index contributed by atoms with van der Waals surface area (Å²) in [5.74, 6) is 0.632. The maximum Gasteiger partial charge on any atom is 0.0977 e. The molecule has 0 aromatic rings. The molecule has 0 spiro atoms. The number of hydrogen-bond donors (Lipinski definition) is 0. The van der Waals surface area contributed by atoms with Crippen LogP contribution in [0.1, 0.15) is 53.9 Å². The van der Waals surface area contributed by atoms with Crippen molar-refractivity contribution in [2.45, 2.75) is 66.0 Å². The molecule has 0 saturated carbocycles. The summed E-state index contributed by atoms with van der Waals surface area (Å²) in [5, 5.41) is 9.16. The van der Waals surface area contributed by atoms with Gasteiger partial charge in [-0.1, -0.05) is 34.6 Å². The van der Waals surface area contributed by atoms with Gasteiger partial charge in [-0.25, -0.2) is 0 Å². The van der Waals surface area contributed by atoms with E-state index < -0.39 is 0 Å². The third kappa shape index (κ3) is 4.66. The predicted octanol–water partition coefficient (Wildman–Crippen LogP) is 3.44. The summed E-state index contributed by atoms with van der Waals surface area (Å²) >= 11 is 0. The maximum absolute atomic E-state index is 9.16. The third-order valence-corrected chi connectivity index (χ3v) is 2.92. The molecule has 0 aromatic carbocycles. The van der Waals surface area contributed by atoms with Crippen LogP contribution in [0.15, 0.2) is 0 Å². The van der Waals surface area contributed by atoms with Gasteiger partial charge in [0.15, 0.2) is 0 Å². The topological polar surface area (TPSA) is 27.0 Å². The van der Waals surface area contributed by atoms with Crippen LogP contribution in [0.4, 0.5) is 0 Å². The number of nitrogens with zero attached hydrogens (tertiary/aromatic N) is 2. The van der Waals surface area contributed by atoms with E-state index in [1.165, 1.54) is 0 Å². The normalized spacial score (nSPS) is 13.5. The molecule has 0 heterocycles. The molecule has 0 saturated heterocycles. The highest BCUT2D eigenvalue weighted by Crippen LogP contribution is 2.16. The van der Waals surface area contributed by atoms with Crippen LogP contribution in [-0.2, 0) is 0 Å². The van der Waals surface area contributed by atoms with Crippen LogP contribution in [0, 0.1) is 17.2 Å². The van der Waals surface area contributed by atoms with Crippen LogP contribution in [0.5, 0.6) is 0 Å². The zero-order valence-electron chi connectivity index (χ0n) is 11.0. The average Bonchev–Trinajstić information content (AvgIpc) is 2.20. The Labute approximate surface area is 95.3 Å². The summed E-state index contributed by atoms with van der Waals surface area (Å²) in [6, 6.07) is 3.09. The van der Waals surface area contributed by atoms with Crippen molar-refractivity contribution in [3.05, 3.63) is 0 Å². The standard InChI is InChI=1S/C13H26N2/c1-6-12(7-2)15(10-11(4)5)13(8-3)9-14/h11-13H,6-8,10H2,1-5H3. The Kier molecular flexibility index (Phi) is 7.42. The van der Waals surface area contributed by atoms with Crippen molar-refractivity contribution >= 4 is 0 Å². The second-order valence-electron chi connectivity index (χ2n) is 4.61. The minimum absolute atomic E-state index is 0.0947. The molecule has 0 aliphatic heterocycles. The van der Waals surface area contributed by atoms with Crippen LogP contribution in [0.25, 0.3) is 0 Å². The largest absolute Gasteiger partial charge is 0.285 e. The average molecular weight is 210 g/mol. The molecule has 0 bridgehead atoms. The van der Waals surface area contributed by atoms with Gasteiger partial charge in [0.2, 0.25) is 0 Å². The summed E-state index contributed by atoms with van der Waals surface area (Å²) in [6.45, 7) is 12.0. The lowest BCUT2D eigenvalue weighted by Gasteiger charge is -2.35. The molecule has 15 heavy (non-hydrogen) atoms. The van der Waals surface area contributed by atoms with Crippen LogP contribution >= 0.6 is 0 Å². The summed E-state index contributed by atoms with van der Waals surface area (Å²) < 4.78 is 0. The molecule has 1 unspecified atom stereocenters. The van der Waals surface area contributed by atoms with Gasteiger partial charge in [0.1, 0.15) is 0 Å². The van der Waals surface area contributed by atoms with Crippen LogP contribution in [-0.4, -0.2) is 23.5 Å². The summed E-state index contributed by atoms with van der Waals surface area (Å²) in [5.41, 5.74) is 0. The van der Waals surface area contributed by atoms with E-state index in [-0.39, 0.29) is 6.04 Å². The van der Waals surface area contributed by atoms with Gasteiger partial charge in [0, 0.05) is 12.6 Å². The zero-order chi connectivity index (χ0) is 11.8. The Hall–Kier alpha value is -0.550. The van der Waals surface area contributed by atoms with E-state index in [2.05, 4.69) is 45.6 Å². The Balaban J connectivity index is 4.62. The van der Waals surface area contributed by atoms with Gasteiger partial charge in [0.05, 0.1) is 12.1 Å². The summed E-state index contributed by atoms with van der Waals surface area (Å²) in [7, 11) is 0. The first kappa shape index (κ1) is 14.5. The van der Waals surface area contributed by atoms with Crippen molar-refractivity contribution in [3.63, 3.8) is 0 Å². The second kappa shape index (κ2) is 7.70. The first-order valence-corrected chi connectivity index (χ1v) is 6.25. The van der Waals surface area contributed by atoms with Crippen molar-refractivity contribution in [2.24, 2.45) is 5.92 Å². The highest BCUT2D eigenvalue weighted by atomic mass is 15.2. The second-order valence-corrected chi connectivity index (χ2v) is 4.61. The summed E-state index contributed by atoms with van der Waals surface area (Å²) in [6.07, 6.45) is 3.21. The highest BCUT2D eigenvalue weighted by molar-refractivity contribution is 4.93. The van der Waals surface area contributed by atoms with Crippen LogP contribution in [0.2, 0.25) is 0 Å². The van der Waals surface area contributed by atoms with Crippen LogP contribution in [0.3, 0.4) is 0 Å². The molecular formula is C13H26N2. The monoisotopic (exact) mass is 210 g/mol. The molecule has 0 amide bonds. The highest BCUT2D eigenvalue weighted by Gasteiger charge is 2.23. The Morgan fingerprint density at radius 3 is 1.87 bits per heavy atom. The smallest absolute Gasteiger partial charge is 0.0977 e. The fraction of sp³-hybridized carbons (Fsp3) is 0.923. The van der Waals surface area contributed by atoms with E-state index in [1.54, 1.807) is 0 Å². The fourth-order valence-corrected chi connectivity index (χ4v) is 2.11. The molecule has 0 rings (SSSR count). The fourth-order valence-electron chi connectivity index (χ4n) is 2.11. The third-order valence-electron chi connectivity index (χ3n) is 2.92. The number of rotatable bonds is 7. The number of nitriles is 1. The van der Waals surface area contributed by atoms with Crippen molar-refractivity contribution < 1.29 is 0 Å². The van der Waals surface area contributed by atoms with Crippen molar-refractivity contribution in [3.8, 4) is 6.07 Å². The molecule has 88 valence electrons. The van der Waals surface area contributed by atoms with Gasteiger partial charge in [0.25, 0.3) is 0 Å². The van der Waals surface area contributed by atoms with Crippen molar-refractivity contribution in [1.29, 1.82) is 5.26 Å². The molecular weight excluding hydrogens is 184 g/mol. The summed E-state index contributed by atoms with van der Waals surface area (Å²) in [4.78, 5) is 2.39. The molecule has 2 nitrogen and oxygen atoms in total. The van der Waals surface area contributed by atoms with Gasteiger partial charge >= 0.3 is 0 Å². The molecule has 0 aliphatic rings. The van der Waals surface area contributed by atoms with E-state index in [1.807, 2.05) is 0 Å². The number of hydrogen-bond acceptors (Lipinski definition) is 2. The van der Waals surface area contributed by atoms with Gasteiger partial charge in [-0.05, 0) is 25.2 Å². The van der Waals surface area contributed by atoms with E-state index in [0.29, 0.717) is 12.0 Å². The molecule has 0 aromatic heterocycles. The van der Waals surface area contributed by atoms with E-state index in [4.69, 9.17) is 5.26 Å². The lowest BCUT2D eigenvalue weighted by atomic mass is 10.0. The van der Waals surface area contributed by atoms with E-state index >= 15 is 0 Å². The minimum Gasteiger partial charge on any atom is -0.285 e. The van der Waals surface area contributed by atoms with Gasteiger partial charge in [-0.15, -0.1) is 0 Å². The molecule has 1 atom stereocenters. The van der Waals surface area contributed by atoms with Gasteiger partial charge < -0.3 is 0 Å². The lowest BCUT2D eigenvalue weighted by molar-refractivity contribution is 0.133. The van der Waals surface area contributed by atoms with Gasteiger partial charge in [-0.2, -0.15) is 5.26 Å². The van der Waals surface area contributed by atoms with Crippen LogP contribution < -0.4 is 0 Å². The Morgan fingerprint density at radius 2 is 1.60 bits per heavy atom. The van der Waals surface area contributed by atoms with Gasteiger partial charge in [-0.3, -0.25) is 4.90 Å².